The predicted octanol–water partition coefficient (Wildman–Crippen LogP) is 7.62. The summed E-state index contributed by atoms with van der Waals surface area (Å²) in [6.07, 6.45) is 4.09. The van der Waals surface area contributed by atoms with Crippen LogP contribution in [0, 0.1) is 24.2 Å². The molecule has 0 saturated carbocycles. The van der Waals surface area contributed by atoms with Gasteiger partial charge in [-0.15, -0.1) is 0 Å². The maximum Gasteiger partial charge on any atom is 0.312 e. The molecule has 4 rings (SSSR count). The molecule has 8 heteroatoms. The molecule has 46 heavy (non-hydrogen) atoms. The Kier molecular flexibility index (Phi) is 9.43. The molecule has 2 aliphatic heterocycles. The molecule has 1 N–H and O–H groups in total. The average Bonchev–Trinajstić information content (AvgIpc) is 3.43. The predicted molar refractivity (Wildman–Crippen MR) is 182 cm³/mol. The number of carbonyl (C=O) groups is 2. The van der Waals surface area contributed by atoms with E-state index < -0.39 is 35.7 Å². The van der Waals surface area contributed by atoms with E-state index in [4.69, 9.17) is 18.3 Å². The van der Waals surface area contributed by atoms with Crippen LogP contribution in [0.5, 0.6) is 17.2 Å². The normalized spacial score (nSPS) is 26.1. The fourth-order valence-electron chi connectivity index (χ4n) is 7.93. The number of hydrogen-bond donors (Lipinski definition) is 1. The highest BCUT2D eigenvalue weighted by atomic mass is 16.7. The van der Waals surface area contributed by atoms with Crippen molar-refractivity contribution in [3.05, 3.63) is 53.1 Å². The van der Waals surface area contributed by atoms with Gasteiger partial charge in [0, 0.05) is 38.9 Å². The van der Waals surface area contributed by atoms with E-state index in [-0.39, 0.29) is 24.7 Å². The number of aliphatic carboxylic acids is 1. The lowest BCUT2D eigenvalue weighted by atomic mass is 9.59. The van der Waals surface area contributed by atoms with E-state index in [1.807, 2.05) is 49.6 Å². The molecule has 0 bridgehead atoms. The molecule has 254 valence electrons. The third-order valence-corrected chi connectivity index (χ3v) is 10.3. The number of nitrogens with zero attached hydrogens (tertiary/aromatic N) is 2. The standard InChI is InChI=1S/C38H56N2O6/c1-11-13-25(3)21-39(22-26(4)14-12-2)32(41)23-40-24-37(8,30-19-20-31-33(27(30)5)46-36(6,7)45-31)38(9,35(42)43)34(40)28-15-17-29(44-10)18-16-28/h15-20,25-26,34H,11-14,21-24H2,1-10H3,(H,42,43)/t25?,26?,34-,37+,38+/m0/s1/i10D3. The van der Waals surface area contributed by atoms with Crippen LogP contribution in [0.4, 0.5) is 0 Å². The van der Waals surface area contributed by atoms with E-state index >= 15 is 0 Å². The van der Waals surface area contributed by atoms with Gasteiger partial charge in [0.05, 0.1) is 29.2 Å². The van der Waals surface area contributed by atoms with Crippen LogP contribution in [-0.4, -0.2) is 65.8 Å². The Morgan fingerprint density at radius 3 is 2.17 bits per heavy atom. The number of rotatable bonds is 14. The van der Waals surface area contributed by atoms with E-state index in [0.29, 0.717) is 42.0 Å². The molecular formula is C38H56N2O6. The SMILES string of the molecule is [2H]C([2H])([2H])Oc1ccc([C@@H]2N(CC(=O)N(CC(C)CCC)CC(C)CCC)C[C@](C)(c3ccc4c(c3C)OC(C)(C)O4)[C@@]2(C)C(=O)O)cc1. The number of carboxylic acids is 1. The lowest BCUT2D eigenvalue weighted by molar-refractivity contribution is -0.153. The van der Waals surface area contributed by atoms with Gasteiger partial charge < -0.3 is 24.2 Å². The molecule has 2 unspecified atom stereocenters. The smallest absolute Gasteiger partial charge is 0.312 e. The van der Waals surface area contributed by atoms with E-state index in [1.54, 1.807) is 31.2 Å². The van der Waals surface area contributed by atoms with Crippen LogP contribution in [0.2, 0.25) is 0 Å². The lowest BCUT2D eigenvalue weighted by Gasteiger charge is -2.41. The first-order valence-electron chi connectivity index (χ1n) is 18.3. The number of likely N-dealkylation sites (tertiary alicyclic amines) is 1. The van der Waals surface area contributed by atoms with Gasteiger partial charge in [0.15, 0.2) is 11.5 Å². The molecule has 0 aliphatic carbocycles. The van der Waals surface area contributed by atoms with Crippen LogP contribution in [0.15, 0.2) is 36.4 Å². The fourth-order valence-corrected chi connectivity index (χ4v) is 7.93. The van der Waals surface area contributed by atoms with Gasteiger partial charge in [0.1, 0.15) is 5.75 Å². The van der Waals surface area contributed by atoms with E-state index in [2.05, 4.69) is 27.7 Å². The van der Waals surface area contributed by atoms with Crippen molar-refractivity contribution in [3.8, 4) is 17.2 Å². The van der Waals surface area contributed by atoms with Crippen molar-refractivity contribution in [1.29, 1.82) is 0 Å². The van der Waals surface area contributed by atoms with Crippen molar-refractivity contribution >= 4 is 11.9 Å². The molecule has 0 aromatic heterocycles. The Morgan fingerprint density at radius 1 is 1.02 bits per heavy atom. The zero-order chi connectivity index (χ0) is 36.5. The minimum Gasteiger partial charge on any atom is -0.497 e. The third-order valence-electron chi connectivity index (χ3n) is 10.3. The molecule has 1 fully saturated rings. The summed E-state index contributed by atoms with van der Waals surface area (Å²) in [5, 5.41) is 11.2. The van der Waals surface area contributed by atoms with Gasteiger partial charge >= 0.3 is 5.97 Å². The first kappa shape index (κ1) is 31.3. The van der Waals surface area contributed by atoms with E-state index in [1.165, 1.54) is 0 Å². The molecule has 5 atom stereocenters. The number of benzene rings is 2. The summed E-state index contributed by atoms with van der Waals surface area (Å²) in [6, 6.07) is 9.59. The summed E-state index contributed by atoms with van der Waals surface area (Å²) in [7, 11) is -2.62. The number of carboxylic acid groups (broad SMARTS) is 1. The Hall–Kier alpha value is -3.26. The van der Waals surface area contributed by atoms with Crippen LogP contribution >= 0.6 is 0 Å². The molecule has 2 aromatic rings. The Bertz CT molecular complexity index is 1480. The molecular weight excluding hydrogens is 580 g/mol. The maximum atomic E-state index is 14.4. The van der Waals surface area contributed by atoms with Gasteiger partial charge in [-0.25, -0.2) is 0 Å². The second kappa shape index (κ2) is 13.8. The fraction of sp³-hybridized carbons (Fsp3) is 0.632. The van der Waals surface area contributed by atoms with Crippen LogP contribution < -0.4 is 14.2 Å². The highest BCUT2D eigenvalue weighted by Gasteiger charge is 2.64. The monoisotopic (exact) mass is 639 g/mol. The number of carbonyl (C=O) groups excluding carboxylic acids is 1. The number of fused-ring (bicyclic) bond motifs is 1. The Morgan fingerprint density at radius 2 is 1.63 bits per heavy atom. The first-order chi connectivity index (χ1) is 22.8. The summed E-state index contributed by atoms with van der Waals surface area (Å²) < 4.78 is 39.9. The molecule has 8 nitrogen and oxygen atoms in total. The van der Waals surface area contributed by atoms with Crippen molar-refractivity contribution in [3.63, 3.8) is 0 Å². The van der Waals surface area contributed by atoms with E-state index in [0.717, 1.165) is 36.8 Å². The highest BCUT2D eigenvalue weighted by Crippen LogP contribution is 2.60. The number of amides is 1. The third kappa shape index (κ3) is 6.73. The van der Waals surface area contributed by atoms with Gasteiger partial charge in [-0.3, -0.25) is 14.5 Å². The van der Waals surface area contributed by atoms with Crippen LogP contribution in [0.3, 0.4) is 0 Å². The molecule has 0 radical (unpaired) electrons. The highest BCUT2D eigenvalue weighted by molar-refractivity contribution is 5.82. The zero-order valence-corrected chi connectivity index (χ0v) is 29.2. The molecule has 2 heterocycles. The Balaban J connectivity index is 1.83. The second-order valence-corrected chi connectivity index (χ2v) is 14.6. The van der Waals surface area contributed by atoms with Gasteiger partial charge in [-0.2, -0.15) is 0 Å². The second-order valence-electron chi connectivity index (χ2n) is 14.6. The van der Waals surface area contributed by atoms with Gasteiger partial charge in [0.2, 0.25) is 11.7 Å². The van der Waals surface area contributed by atoms with Crippen LogP contribution in [0.1, 0.15) is 108 Å². The largest absolute Gasteiger partial charge is 0.497 e. The maximum absolute atomic E-state index is 14.4. The first-order valence-corrected chi connectivity index (χ1v) is 16.8. The van der Waals surface area contributed by atoms with Gasteiger partial charge in [-0.1, -0.05) is 65.7 Å². The van der Waals surface area contributed by atoms with Crippen molar-refractivity contribution in [1.82, 2.24) is 9.80 Å². The van der Waals surface area contributed by atoms with Crippen LogP contribution in [0.25, 0.3) is 0 Å². The van der Waals surface area contributed by atoms with E-state index in [9.17, 15) is 14.7 Å². The summed E-state index contributed by atoms with van der Waals surface area (Å²) in [6.45, 7) is 19.6. The summed E-state index contributed by atoms with van der Waals surface area (Å²) in [4.78, 5) is 32.1. The molecule has 1 amide bonds. The molecule has 0 spiro atoms. The van der Waals surface area contributed by atoms with Crippen LogP contribution in [-0.2, 0) is 15.0 Å². The number of methoxy groups -OCH3 is 1. The lowest BCUT2D eigenvalue weighted by Crippen LogP contribution is -2.48. The van der Waals surface area contributed by atoms with Crippen molar-refractivity contribution in [2.24, 2.45) is 17.3 Å². The van der Waals surface area contributed by atoms with Crippen molar-refractivity contribution in [2.45, 2.75) is 105 Å². The average molecular weight is 640 g/mol. The Labute approximate surface area is 280 Å². The summed E-state index contributed by atoms with van der Waals surface area (Å²) >= 11 is 0. The van der Waals surface area contributed by atoms with Gasteiger partial charge in [0.25, 0.3) is 0 Å². The molecule has 2 aromatic carbocycles. The molecule has 2 aliphatic rings. The minimum absolute atomic E-state index is 0.0283. The number of ether oxygens (including phenoxy) is 3. The van der Waals surface area contributed by atoms with Gasteiger partial charge in [-0.05, 0) is 73.4 Å². The van der Waals surface area contributed by atoms with Crippen molar-refractivity contribution in [2.75, 3.05) is 33.2 Å². The summed E-state index contributed by atoms with van der Waals surface area (Å²) in [5.41, 5.74) is -0.143. The number of hydrogen-bond acceptors (Lipinski definition) is 6. The molecule has 1 saturated heterocycles. The topological polar surface area (TPSA) is 88.5 Å². The summed E-state index contributed by atoms with van der Waals surface area (Å²) in [5.74, 6) is 0.131. The minimum atomic E-state index is -2.62. The van der Waals surface area contributed by atoms with Crippen molar-refractivity contribution < 1.29 is 33.0 Å². The quantitative estimate of drug-likeness (QED) is 0.228. The zero-order valence-electron chi connectivity index (χ0n) is 32.2.